The largest absolute Gasteiger partial charge is 0.477 e. The van der Waals surface area contributed by atoms with Gasteiger partial charge in [-0.15, -0.1) is 0 Å². The average molecular weight is 350 g/mol. The molecule has 0 saturated carbocycles. The quantitative estimate of drug-likeness (QED) is 0.784. The van der Waals surface area contributed by atoms with Gasteiger partial charge in [0.25, 0.3) is 0 Å². The molecule has 1 amide bonds. The number of pyridine rings is 1. The van der Waals surface area contributed by atoms with Gasteiger partial charge in [0.05, 0.1) is 22.5 Å². The highest BCUT2D eigenvalue weighted by atomic mass is 16.4. The molecule has 7 heteroatoms. The zero-order chi connectivity index (χ0) is 18.3. The van der Waals surface area contributed by atoms with Crippen LogP contribution in [0.25, 0.3) is 16.7 Å². The monoisotopic (exact) mass is 350 g/mol. The Morgan fingerprint density at radius 1 is 1.19 bits per heavy atom. The van der Waals surface area contributed by atoms with Crippen LogP contribution in [0.5, 0.6) is 0 Å². The fraction of sp³-hybridized carbons (Fsp3) is 0.263. The van der Waals surface area contributed by atoms with Gasteiger partial charge in [-0.2, -0.15) is 5.10 Å². The maximum absolute atomic E-state index is 12.4. The van der Waals surface area contributed by atoms with E-state index in [1.165, 1.54) is 6.07 Å². The van der Waals surface area contributed by atoms with Gasteiger partial charge in [-0.05, 0) is 38.0 Å². The first-order chi connectivity index (χ1) is 12.6. The Bertz CT molecular complexity index is 1010. The number of piperidine rings is 1. The van der Waals surface area contributed by atoms with Crippen LogP contribution >= 0.6 is 0 Å². The van der Waals surface area contributed by atoms with Crippen molar-refractivity contribution in [3.8, 4) is 5.69 Å². The lowest BCUT2D eigenvalue weighted by molar-refractivity contribution is -0.119. The summed E-state index contributed by atoms with van der Waals surface area (Å²) in [6.45, 7) is 2.43. The molecule has 0 spiro atoms. The van der Waals surface area contributed by atoms with E-state index in [1.54, 1.807) is 9.58 Å². The number of nitrogens with zero attached hydrogens (tertiary/aromatic N) is 4. The first-order valence-corrected chi connectivity index (χ1v) is 8.55. The average Bonchev–Trinajstić information content (AvgIpc) is 2.99. The van der Waals surface area contributed by atoms with Gasteiger partial charge in [-0.25, -0.2) is 14.5 Å². The molecule has 3 heterocycles. The molecular weight excluding hydrogens is 332 g/mol. The number of carboxylic acids is 1. The van der Waals surface area contributed by atoms with Crippen molar-refractivity contribution in [1.82, 2.24) is 14.8 Å². The summed E-state index contributed by atoms with van der Waals surface area (Å²) < 4.78 is 1.63. The zero-order valence-electron chi connectivity index (χ0n) is 14.3. The summed E-state index contributed by atoms with van der Waals surface area (Å²) in [5.41, 5.74) is 2.43. The number of carbonyl (C=O) groups is 2. The van der Waals surface area contributed by atoms with Crippen molar-refractivity contribution in [3.63, 3.8) is 0 Å². The van der Waals surface area contributed by atoms with Gasteiger partial charge in [-0.3, -0.25) is 4.79 Å². The lowest BCUT2D eigenvalue weighted by Crippen LogP contribution is -2.35. The van der Waals surface area contributed by atoms with Crippen LogP contribution in [-0.2, 0) is 4.79 Å². The van der Waals surface area contributed by atoms with Gasteiger partial charge in [0.2, 0.25) is 5.91 Å². The number of carbonyl (C=O) groups excluding carboxylic acids is 1. The molecule has 26 heavy (non-hydrogen) atoms. The molecule has 132 valence electrons. The molecule has 1 aliphatic rings. The summed E-state index contributed by atoms with van der Waals surface area (Å²) in [6.07, 6.45) is 2.22. The number of hydrogen-bond acceptors (Lipinski definition) is 4. The summed E-state index contributed by atoms with van der Waals surface area (Å²) in [5.74, 6) is -1.12. The van der Waals surface area contributed by atoms with E-state index < -0.39 is 5.97 Å². The minimum absolute atomic E-state index is 0.00644. The van der Waals surface area contributed by atoms with Gasteiger partial charge < -0.3 is 10.0 Å². The zero-order valence-corrected chi connectivity index (χ0v) is 14.3. The summed E-state index contributed by atoms with van der Waals surface area (Å²) in [7, 11) is 0. The number of para-hydroxylation sites is 1. The predicted molar refractivity (Wildman–Crippen MR) is 96.8 cm³/mol. The van der Waals surface area contributed by atoms with Gasteiger partial charge >= 0.3 is 5.97 Å². The highest BCUT2D eigenvalue weighted by molar-refractivity contribution is 6.05. The molecular formula is C19H18N4O3. The van der Waals surface area contributed by atoms with Crippen molar-refractivity contribution in [1.29, 1.82) is 0 Å². The summed E-state index contributed by atoms with van der Waals surface area (Å²) >= 11 is 0. The summed E-state index contributed by atoms with van der Waals surface area (Å²) in [5, 5.41) is 14.8. The smallest absolute Gasteiger partial charge is 0.354 e. The van der Waals surface area contributed by atoms with E-state index in [2.05, 4.69) is 10.1 Å². The van der Waals surface area contributed by atoms with Gasteiger partial charge in [0.15, 0.2) is 11.3 Å². The van der Waals surface area contributed by atoms with Crippen molar-refractivity contribution in [3.05, 3.63) is 47.8 Å². The number of aryl methyl sites for hydroxylation is 1. The number of rotatable bonds is 3. The Morgan fingerprint density at radius 3 is 2.65 bits per heavy atom. The van der Waals surface area contributed by atoms with Crippen molar-refractivity contribution in [2.75, 3.05) is 11.4 Å². The van der Waals surface area contributed by atoms with Crippen LogP contribution in [-0.4, -0.2) is 38.3 Å². The highest BCUT2D eigenvalue weighted by Crippen LogP contribution is 2.33. The molecule has 1 aromatic carbocycles. The Labute approximate surface area is 149 Å². The topological polar surface area (TPSA) is 88.3 Å². The minimum Gasteiger partial charge on any atom is -0.477 e. The molecule has 0 bridgehead atoms. The third kappa shape index (κ3) is 2.61. The van der Waals surface area contributed by atoms with E-state index in [0.29, 0.717) is 35.4 Å². The molecule has 1 fully saturated rings. The van der Waals surface area contributed by atoms with Crippen LogP contribution in [0.15, 0.2) is 36.4 Å². The standard InChI is InChI=1S/C19H18N4O3/c1-12-17-15(22-10-6-5-9-16(22)24)11-14(19(25)26)20-18(17)23(21-12)13-7-3-2-4-8-13/h2-4,7-8,11H,5-6,9-10H2,1H3,(H,25,26). The molecule has 3 aromatic rings. The number of carboxylic acid groups (broad SMARTS) is 1. The predicted octanol–water partition coefficient (Wildman–Crippen LogP) is 2.94. The van der Waals surface area contributed by atoms with Gasteiger partial charge in [0, 0.05) is 13.0 Å². The molecule has 0 aliphatic carbocycles. The van der Waals surface area contributed by atoms with E-state index in [1.807, 2.05) is 37.3 Å². The number of amides is 1. The Balaban J connectivity index is 2.01. The van der Waals surface area contributed by atoms with E-state index in [0.717, 1.165) is 18.5 Å². The van der Waals surface area contributed by atoms with Gasteiger partial charge in [-0.1, -0.05) is 18.2 Å². The van der Waals surface area contributed by atoms with Crippen LogP contribution in [0.2, 0.25) is 0 Å². The Kier molecular flexibility index (Phi) is 3.91. The number of hydrogen-bond donors (Lipinski definition) is 1. The number of anilines is 1. The Morgan fingerprint density at radius 2 is 1.96 bits per heavy atom. The third-order valence-corrected chi connectivity index (χ3v) is 4.63. The molecule has 4 rings (SSSR count). The highest BCUT2D eigenvalue weighted by Gasteiger charge is 2.26. The first-order valence-electron chi connectivity index (χ1n) is 8.55. The van der Waals surface area contributed by atoms with Crippen molar-refractivity contribution in [2.45, 2.75) is 26.2 Å². The molecule has 7 nitrogen and oxygen atoms in total. The van der Waals surface area contributed by atoms with Crippen LogP contribution in [0.3, 0.4) is 0 Å². The van der Waals surface area contributed by atoms with E-state index in [-0.39, 0.29) is 11.6 Å². The lowest BCUT2D eigenvalue weighted by Gasteiger charge is -2.27. The lowest BCUT2D eigenvalue weighted by atomic mass is 10.1. The second-order valence-electron chi connectivity index (χ2n) is 6.37. The van der Waals surface area contributed by atoms with Crippen molar-refractivity contribution < 1.29 is 14.7 Å². The van der Waals surface area contributed by atoms with E-state index in [9.17, 15) is 14.7 Å². The fourth-order valence-electron chi connectivity index (χ4n) is 3.40. The van der Waals surface area contributed by atoms with Crippen molar-refractivity contribution >= 4 is 28.6 Å². The molecule has 0 radical (unpaired) electrons. The molecule has 1 aliphatic heterocycles. The van der Waals surface area contributed by atoms with Crippen LogP contribution < -0.4 is 4.90 Å². The Hall–Kier alpha value is -3.22. The summed E-state index contributed by atoms with van der Waals surface area (Å²) in [4.78, 5) is 30.0. The minimum atomic E-state index is -1.13. The maximum Gasteiger partial charge on any atom is 0.354 e. The molecule has 1 N–H and O–H groups in total. The van der Waals surface area contributed by atoms with E-state index in [4.69, 9.17) is 0 Å². The second kappa shape index (κ2) is 6.25. The number of fused-ring (bicyclic) bond motifs is 1. The number of benzene rings is 1. The molecule has 2 aromatic heterocycles. The molecule has 0 unspecified atom stereocenters. The van der Waals surface area contributed by atoms with Gasteiger partial charge in [0.1, 0.15) is 0 Å². The van der Waals surface area contributed by atoms with Crippen LogP contribution in [0.4, 0.5) is 5.69 Å². The normalized spacial score (nSPS) is 14.8. The van der Waals surface area contributed by atoms with Crippen LogP contribution in [0.1, 0.15) is 35.4 Å². The SMILES string of the molecule is Cc1nn(-c2ccccc2)c2nc(C(=O)O)cc(N3CCCCC3=O)c12. The molecule has 0 atom stereocenters. The summed E-state index contributed by atoms with van der Waals surface area (Å²) in [6, 6.07) is 10.9. The second-order valence-corrected chi connectivity index (χ2v) is 6.37. The number of aromatic nitrogens is 3. The van der Waals surface area contributed by atoms with E-state index >= 15 is 0 Å². The van der Waals surface area contributed by atoms with Crippen molar-refractivity contribution in [2.24, 2.45) is 0 Å². The fourth-order valence-corrected chi connectivity index (χ4v) is 3.40. The third-order valence-electron chi connectivity index (χ3n) is 4.63. The van der Waals surface area contributed by atoms with Crippen LogP contribution in [0, 0.1) is 6.92 Å². The maximum atomic E-state index is 12.4. The number of aromatic carboxylic acids is 1. The first kappa shape index (κ1) is 16.3. The molecule has 1 saturated heterocycles.